The van der Waals surface area contributed by atoms with Crippen LogP contribution in [0.4, 0.5) is 0 Å². The van der Waals surface area contributed by atoms with Gasteiger partial charge >= 0.3 is 0 Å². The predicted octanol–water partition coefficient (Wildman–Crippen LogP) is 2.88. The zero-order chi connectivity index (χ0) is 22.0. The lowest BCUT2D eigenvalue weighted by molar-refractivity contribution is 0.0764. The number of nitrogens with zero attached hydrogens (tertiary/aromatic N) is 4. The van der Waals surface area contributed by atoms with Gasteiger partial charge in [-0.15, -0.1) is 4.40 Å². The van der Waals surface area contributed by atoms with Gasteiger partial charge in [-0.05, 0) is 37.1 Å². The van der Waals surface area contributed by atoms with Crippen molar-refractivity contribution < 1.29 is 13.2 Å². The Bertz CT molecular complexity index is 1230. The molecule has 0 spiro atoms. The Balaban J connectivity index is 1.55. The molecule has 2 aromatic rings. The van der Waals surface area contributed by atoms with Crippen molar-refractivity contribution >= 4 is 26.7 Å². The van der Waals surface area contributed by atoms with E-state index >= 15 is 0 Å². The SMILES string of the molecule is CC1=C(c2ccccc2)S(=O)(=O)N=C1N1CCCN(C(=O)c2cccc(C#N)c2)CC1. The number of amides is 1. The maximum Gasteiger partial charge on any atom is 0.285 e. The topological polar surface area (TPSA) is 93.8 Å². The molecule has 2 aliphatic heterocycles. The minimum atomic E-state index is -3.77. The molecular weight excluding hydrogens is 412 g/mol. The second-order valence-corrected chi connectivity index (χ2v) is 9.08. The lowest BCUT2D eigenvalue weighted by atomic mass is 10.1. The van der Waals surface area contributed by atoms with Crippen molar-refractivity contribution in [1.29, 1.82) is 5.26 Å². The monoisotopic (exact) mass is 434 g/mol. The molecule has 0 aromatic heterocycles. The molecule has 0 radical (unpaired) electrons. The molecule has 1 fully saturated rings. The standard InChI is InChI=1S/C23H22N4O3S/c1-17-21(19-8-3-2-4-9-19)31(29,30)25-22(17)26-11-6-12-27(14-13-26)23(28)20-10-5-7-18(15-20)16-24/h2-5,7-10,15H,6,11-14H2,1H3. The minimum absolute atomic E-state index is 0.128. The zero-order valence-corrected chi connectivity index (χ0v) is 18.0. The first-order chi connectivity index (χ1) is 14.9. The molecule has 158 valence electrons. The molecule has 0 atom stereocenters. The first-order valence-corrected chi connectivity index (χ1v) is 11.5. The smallest absolute Gasteiger partial charge is 0.285 e. The van der Waals surface area contributed by atoms with E-state index in [4.69, 9.17) is 5.26 Å². The highest BCUT2D eigenvalue weighted by molar-refractivity contribution is 8.00. The molecule has 0 bridgehead atoms. The van der Waals surface area contributed by atoms with E-state index in [9.17, 15) is 13.2 Å². The van der Waals surface area contributed by atoms with Gasteiger partial charge in [-0.25, -0.2) is 0 Å². The zero-order valence-electron chi connectivity index (χ0n) is 17.2. The summed E-state index contributed by atoms with van der Waals surface area (Å²) in [6.07, 6.45) is 0.691. The first kappa shape index (κ1) is 20.8. The third-order valence-electron chi connectivity index (χ3n) is 5.50. The largest absolute Gasteiger partial charge is 0.354 e. The summed E-state index contributed by atoms with van der Waals surface area (Å²) >= 11 is 0. The fraction of sp³-hybridized carbons (Fsp3) is 0.261. The van der Waals surface area contributed by atoms with E-state index in [1.54, 1.807) is 60.4 Å². The molecule has 0 N–H and O–H groups in total. The van der Waals surface area contributed by atoms with Crippen molar-refractivity contribution in [2.24, 2.45) is 4.40 Å². The molecule has 0 aliphatic carbocycles. The van der Waals surface area contributed by atoms with Crippen molar-refractivity contribution in [2.45, 2.75) is 13.3 Å². The summed E-state index contributed by atoms with van der Waals surface area (Å²) in [5, 5.41) is 9.08. The van der Waals surface area contributed by atoms with Crippen LogP contribution in [0.25, 0.3) is 4.91 Å². The maximum absolute atomic E-state index is 12.9. The predicted molar refractivity (Wildman–Crippen MR) is 119 cm³/mol. The van der Waals surface area contributed by atoms with Gasteiger partial charge in [0, 0.05) is 37.3 Å². The number of rotatable bonds is 2. The van der Waals surface area contributed by atoms with Crippen molar-refractivity contribution in [3.05, 3.63) is 76.9 Å². The van der Waals surface area contributed by atoms with Crippen LogP contribution in [-0.4, -0.2) is 56.1 Å². The minimum Gasteiger partial charge on any atom is -0.354 e. The number of benzene rings is 2. The fourth-order valence-corrected chi connectivity index (χ4v) is 5.49. The summed E-state index contributed by atoms with van der Waals surface area (Å²) in [6.45, 7) is 3.88. The summed E-state index contributed by atoms with van der Waals surface area (Å²) in [5.74, 6) is 0.330. The Kier molecular flexibility index (Phi) is 5.61. The summed E-state index contributed by atoms with van der Waals surface area (Å²) < 4.78 is 29.6. The fourth-order valence-electron chi connectivity index (χ4n) is 4.01. The number of amidine groups is 1. The number of hydrogen-bond acceptors (Lipinski definition) is 5. The molecule has 2 heterocycles. The Labute approximate surface area is 182 Å². The molecule has 2 aromatic carbocycles. The third kappa shape index (κ3) is 4.09. The summed E-state index contributed by atoms with van der Waals surface area (Å²) in [5.41, 5.74) is 2.19. The lowest BCUT2D eigenvalue weighted by Gasteiger charge is -2.24. The molecule has 7 nitrogen and oxygen atoms in total. The first-order valence-electron chi connectivity index (χ1n) is 10.1. The molecule has 1 saturated heterocycles. The average molecular weight is 435 g/mol. The van der Waals surface area contributed by atoms with Gasteiger partial charge in [0.25, 0.3) is 15.9 Å². The molecule has 0 unspecified atom stereocenters. The van der Waals surface area contributed by atoms with Crippen LogP contribution in [-0.2, 0) is 10.0 Å². The van der Waals surface area contributed by atoms with E-state index in [-0.39, 0.29) is 10.8 Å². The molecule has 4 rings (SSSR count). The molecule has 0 saturated carbocycles. The second kappa shape index (κ2) is 8.36. The maximum atomic E-state index is 12.9. The van der Waals surface area contributed by atoms with E-state index in [2.05, 4.69) is 10.5 Å². The molecule has 8 heteroatoms. The van der Waals surface area contributed by atoms with Crippen LogP contribution >= 0.6 is 0 Å². The summed E-state index contributed by atoms with van der Waals surface area (Å²) in [7, 11) is -3.77. The van der Waals surface area contributed by atoms with Crippen molar-refractivity contribution in [3.8, 4) is 6.07 Å². The van der Waals surface area contributed by atoms with Gasteiger partial charge in [0.05, 0.1) is 11.6 Å². The Morgan fingerprint density at radius 3 is 2.55 bits per heavy atom. The van der Waals surface area contributed by atoms with Crippen LogP contribution in [0.1, 0.15) is 34.8 Å². The summed E-state index contributed by atoms with van der Waals surface area (Å²) in [4.78, 5) is 16.9. The number of carbonyl (C=O) groups excluding carboxylic acids is 1. The highest BCUT2D eigenvalue weighted by Crippen LogP contribution is 2.33. The quantitative estimate of drug-likeness (QED) is 0.724. The molecule has 31 heavy (non-hydrogen) atoms. The van der Waals surface area contributed by atoms with E-state index < -0.39 is 10.0 Å². The van der Waals surface area contributed by atoms with Crippen molar-refractivity contribution in [3.63, 3.8) is 0 Å². The van der Waals surface area contributed by atoms with Crippen molar-refractivity contribution in [2.75, 3.05) is 26.2 Å². The highest BCUT2D eigenvalue weighted by Gasteiger charge is 2.34. The van der Waals surface area contributed by atoms with Gasteiger partial charge in [0.15, 0.2) is 0 Å². The second-order valence-electron chi connectivity index (χ2n) is 7.54. The van der Waals surface area contributed by atoms with Gasteiger partial charge in [-0.3, -0.25) is 4.79 Å². The number of nitriles is 1. The van der Waals surface area contributed by atoms with Crippen LogP contribution < -0.4 is 0 Å². The third-order valence-corrected chi connectivity index (χ3v) is 6.97. The normalized spacial score (nSPS) is 18.4. The average Bonchev–Trinajstić information content (AvgIpc) is 2.93. The van der Waals surface area contributed by atoms with E-state index in [0.717, 1.165) is 0 Å². The van der Waals surface area contributed by atoms with Crippen LogP contribution in [0.3, 0.4) is 0 Å². The van der Waals surface area contributed by atoms with Crippen molar-refractivity contribution in [1.82, 2.24) is 9.80 Å². The number of carbonyl (C=O) groups is 1. The van der Waals surface area contributed by atoms with E-state index in [0.29, 0.717) is 60.7 Å². The van der Waals surface area contributed by atoms with Gasteiger partial charge in [0.2, 0.25) is 0 Å². The van der Waals surface area contributed by atoms with Gasteiger partial charge < -0.3 is 9.80 Å². The Hall–Kier alpha value is -3.44. The van der Waals surface area contributed by atoms with Gasteiger partial charge in [0.1, 0.15) is 10.7 Å². The van der Waals surface area contributed by atoms with Crippen LogP contribution in [0.2, 0.25) is 0 Å². The van der Waals surface area contributed by atoms with Gasteiger partial charge in [-0.2, -0.15) is 13.7 Å². The molecule has 2 aliphatic rings. The lowest BCUT2D eigenvalue weighted by Crippen LogP contribution is -2.37. The van der Waals surface area contributed by atoms with Gasteiger partial charge in [-0.1, -0.05) is 36.4 Å². The van der Waals surface area contributed by atoms with Crippen LogP contribution in [0, 0.1) is 11.3 Å². The Morgan fingerprint density at radius 1 is 1.03 bits per heavy atom. The van der Waals surface area contributed by atoms with E-state index in [1.165, 1.54) is 0 Å². The van der Waals surface area contributed by atoms with E-state index in [1.807, 2.05) is 11.0 Å². The molecular formula is C23H22N4O3S. The molecule has 1 amide bonds. The number of hydrogen-bond donors (Lipinski definition) is 0. The Morgan fingerprint density at radius 2 is 1.81 bits per heavy atom. The van der Waals surface area contributed by atoms with Crippen LogP contribution in [0.15, 0.2) is 64.6 Å². The number of sulfonamides is 1. The highest BCUT2D eigenvalue weighted by atomic mass is 32.2. The van der Waals surface area contributed by atoms with Crippen LogP contribution in [0.5, 0.6) is 0 Å². The summed E-state index contributed by atoms with van der Waals surface area (Å²) in [6, 6.07) is 17.7.